The average molecular weight is 660 g/mol. The lowest BCUT2D eigenvalue weighted by atomic mass is 9.53. The topological polar surface area (TPSA) is 139 Å². The molecule has 3 fully saturated rings. The second kappa shape index (κ2) is 13.6. The summed E-state index contributed by atoms with van der Waals surface area (Å²) in [5.74, 6) is 0.430. The fourth-order valence-corrected chi connectivity index (χ4v) is 6.66. The van der Waals surface area contributed by atoms with Crippen molar-refractivity contribution in [1.29, 1.82) is 0 Å². The second-order valence-electron chi connectivity index (χ2n) is 15.4. The number of nitrogens with one attached hydrogen (secondary N) is 3. The quantitative estimate of drug-likeness (QED) is 0.290. The van der Waals surface area contributed by atoms with E-state index < -0.39 is 28.1 Å². The Balaban J connectivity index is 1.09. The summed E-state index contributed by atoms with van der Waals surface area (Å²) in [4.78, 5) is 57.4. The zero-order chi connectivity index (χ0) is 34.7. The van der Waals surface area contributed by atoms with Gasteiger partial charge in [0.2, 0.25) is 11.8 Å². The summed E-state index contributed by atoms with van der Waals surface area (Å²) in [6.07, 6.45) is 7.55. The van der Waals surface area contributed by atoms with Gasteiger partial charge >= 0.3 is 12.2 Å². The molecule has 48 heavy (non-hydrogen) atoms. The number of aromatic nitrogens is 1. The van der Waals surface area contributed by atoms with Gasteiger partial charge in [-0.2, -0.15) is 0 Å². The van der Waals surface area contributed by atoms with Crippen molar-refractivity contribution in [2.75, 3.05) is 23.7 Å². The minimum atomic E-state index is -0.574. The first kappa shape index (κ1) is 34.9. The molecule has 0 radical (unpaired) electrons. The SMILES string of the molecule is CC(C)(C)OC(=O)NCc1ccc(NC(=O)C23CCC(C(=O)Nc4ccc(C5=CCN(C(=O)OC(C)(C)C)CC5)cc4)(CC2)CC3)nc1. The van der Waals surface area contributed by atoms with Crippen molar-refractivity contribution < 1.29 is 28.7 Å². The Morgan fingerprint density at radius 3 is 1.88 bits per heavy atom. The number of amides is 4. The van der Waals surface area contributed by atoms with Gasteiger partial charge in [-0.1, -0.05) is 24.3 Å². The van der Waals surface area contributed by atoms with Gasteiger partial charge in [-0.25, -0.2) is 14.6 Å². The molecule has 0 unspecified atom stereocenters. The third-order valence-corrected chi connectivity index (χ3v) is 9.49. The Morgan fingerprint density at radius 2 is 1.38 bits per heavy atom. The normalized spacial score (nSPS) is 22.3. The van der Waals surface area contributed by atoms with Crippen molar-refractivity contribution in [3.8, 4) is 0 Å². The molecule has 11 heteroatoms. The molecule has 3 saturated carbocycles. The smallest absolute Gasteiger partial charge is 0.410 e. The number of ether oxygens (including phenoxy) is 2. The number of hydrogen-bond donors (Lipinski definition) is 3. The minimum Gasteiger partial charge on any atom is -0.444 e. The van der Waals surface area contributed by atoms with E-state index >= 15 is 0 Å². The number of fused-ring (bicyclic) bond motifs is 3. The van der Waals surface area contributed by atoms with Crippen molar-refractivity contribution in [3.63, 3.8) is 0 Å². The first-order valence-electron chi connectivity index (χ1n) is 16.9. The molecule has 2 heterocycles. The zero-order valence-electron chi connectivity index (χ0n) is 29.0. The Hall–Kier alpha value is -4.41. The third-order valence-electron chi connectivity index (χ3n) is 9.49. The first-order chi connectivity index (χ1) is 22.5. The van der Waals surface area contributed by atoms with E-state index in [9.17, 15) is 19.2 Å². The van der Waals surface area contributed by atoms with Crippen LogP contribution in [0, 0.1) is 10.8 Å². The molecule has 1 aromatic carbocycles. The van der Waals surface area contributed by atoms with Gasteiger partial charge in [0.25, 0.3) is 0 Å². The molecule has 4 amide bonds. The van der Waals surface area contributed by atoms with Gasteiger partial charge in [0, 0.05) is 42.3 Å². The maximum Gasteiger partial charge on any atom is 0.410 e. The summed E-state index contributed by atoms with van der Waals surface area (Å²) < 4.78 is 10.7. The number of anilines is 2. The number of pyridine rings is 1. The number of carbonyl (C=O) groups excluding carboxylic acids is 4. The summed E-state index contributed by atoms with van der Waals surface area (Å²) in [5.41, 5.74) is 1.70. The van der Waals surface area contributed by atoms with Crippen molar-refractivity contribution >= 4 is 41.1 Å². The van der Waals surface area contributed by atoms with E-state index in [4.69, 9.17) is 9.47 Å². The lowest BCUT2D eigenvalue weighted by Gasteiger charge is -2.51. The van der Waals surface area contributed by atoms with Crippen LogP contribution in [-0.2, 0) is 25.6 Å². The van der Waals surface area contributed by atoms with Crippen LogP contribution in [-0.4, -0.2) is 58.2 Å². The van der Waals surface area contributed by atoms with E-state index in [1.807, 2.05) is 51.1 Å². The van der Waals surface area contributed by atoms with Crippen LogP contribution < -0.4 is 16.0 Å². The van der Waals surface area contributed by atoms with Crippen LogP contribution in [0.1, 0.15) is 97.6 Å². The van der Waals surface area contributed by atoms with Gasteiger partial charge in [0.15, 0.2) is 0 Å². The van der Waals surface area contributed by atoms with Gasteiger partial charge < -0.3 is 30.3 Å². The number of rotatable bonds is 7. The fraction of sp³-hybridized carbons (Fsp3) is 0.541. The molecule has 0 atom stereocenters. The van der Waals surface area contributed by atoms with E-state index in [0.717, 1.165) is 23.2 Å². The number of hydrogen-bond acceptors (Lipinski definition) is 7. The Kier molecular flexibility index (Phi) is 9.89. The summed E-state index contributed by atoms with van der Waals surface area (Å²) in [6.45, 7) is 12.4. The average Bonchev–Trinajstić information content (AvgIpc) is 3.04. The summed E-state index contributed by atoms with van der Waals surface area (Å²) in [6, 6.07) is 11.4. The molecule has 3 aliphatic carbocycles. The fourth-order valence-electron chi connectivity index (χ4n) is 6.66. The van der Waals surface area contributed by atoms with Crippen LogP contribution in [0.4, 0.5) is 21.1 Å². The van der Waals surface area contributed by atoms with E-state index in [1.165, 1.54) is 5.57 Å². The van der Waals surface area contributed by atoms with E-state index in [2.05, 4.69) is 27.0 Å². The van der Waals surface area contributed by atoms with Crippen LogP contribution in [0.3, 0.4) is 0 Å². The molecule has 2 aromatic rings. The molecule has 6 rings (SSSR count). The van der Waals surface area contributed by atoms with Crippen molar-refractivity contribution in [2.24, 2.45) is 10.8 Å². The van der Waals surface area contributed by atoms with E-state index in [1.54, 1.807) is 37.9 Å². The van der Waals surface area contributed by atoms with Crippen LogP contribution in [0.25, 0.3) is 5.57 Å². The van der Waals surface area contributed by atoms with Gasteiger partial charge in [0.1, 0.15) is 17.0 Å². The van der Waals surface area contributed by atoms with E-state index in [0.29, 0.717) is 57.4 Å². The number of alkyl carbamates (subject to hydrolysis) is 1. The number of carbonyl (C=O) groups is 4. The second-order valence-corrected chi connectivity index (χ2v) is 15.4. The van der Waals surface area contributed by atoms with Crippen LogP contribution in [0.2, 0.25) is 0 Å². The molecule has 2 bridgehead atoms. The highest BCUT2D eigenvalue weighted by Crippen LogP contribution is 2.57. The third kappa shape index (κ3) is 8.54. The molecule has 258 valence electrons. The highest BCUT2D eigenvalue weighted by molar-refractivity contribution is 5.98. The highest BCUT2D eigenvalue weighted by atomic mass is 16.6. The molecule has 0 spiro atoms. The zero-order valence-corrected chi connectivity index (χ0v) is 29.0. The Labute approximate surface area is 283 Å². The van der Waals surface area contributed by atoms with Gasteiger partial charge in [-0.3, -0.25) is 9.59 Å². The lowest BCUT2D eigenvalue weighted by Crippen LogP contribution is -2.52. The van der Waals surface area contributed by atoms with Crippen LogP contribution >= 0.6 is 0 Å². The molecule has 1 aromatic heterocycles. The molecule has 1 aliphatic heterocycles. The summed E-state index contributed by atoms with van der Waals surface area (Å²) in [7, 11) is 0. The maximum absolute atomic E-state index is 13.6. The minimum absolute atomic E-state index is 0.0195. The van der Waals surface area contributed by atoms with Crippen LogP contribution in [0.15, 0.2) is 48.7 Å². The maximum atomic E-state index is 13.6. The summed E-state index contributed by atoms with van der Waals surface area (Å²) in [5, 5.41) is 8.84. The Morgan fingerprint density at radius 1 is 0.792 bits per heavy atom. The molecular formula is C37H49N5O6. The van der Waals surface area contributed by atoms with E-state index in [-0.39, 0.29) is 24.5 Å². The van der Waals surface area contributed by atoms with Gasteiger partial charge in [-0.15, -0.1) is 0 Å². The van der Waals surface area contributed by atoms with Gasteiger partial charge in [-0.05, 0) is 121 Å². The molecule has 11 nitrogen and oxygen atoms in total. The predicted molar refractivity (Wildman–Crippen MR) is 184 cm³/mol. The first-order valence-corrected chi connectivity index (χ1v) is 16.9. The van der Waals surface area contributed by atoms with Crippen molar-refractivity contribution in [2.45, 2.75) is 104 Å². The Bertz CT molecular complexity index is 1530. The monoisotopic (exact) mass is 659 g/mol. The number of benzene rings is 1. The standard InChI is InChI=1S/C37H49N5O6/c1-34(2,3)47-32(45)39-24-25-7-12-29(38-23-25)41-31(44)37-18-15-36(16-19-37,17-20-37)30(43)40-28-10-8-26(9-11-28)27-13-21-42(22-14-27)33(46)48-35(4,5)6/h7-13,23H,14-22,24H2,1-6H3,(H,39,45)(H,40,43)(H,38,41,44). The highest BCUT2D eigenvalue weighted by Gasteiger charge is 2.55. The molecular weight excluding hydrogens is 610 g/mol. The predicted octanol–water partition coefficient (Wildman–Crippen LogP) is 7.05. The van der Waals surface area contributed by atoms with Gasteiger partial charge in [0.05, 0.1) is 0 Å². The molecule has 4 aliphatic rings. The van der Waals surface area contributed by atoms with Crippen molar-refractivity contribution in [1.82, 2.24) is 15.2 Å². The molecule has 3 N–H and O–H groups in total. The molecule has 0 saturated heterocycles. The van der Waals surface area contributed by atoms with Crippen LogP contribution in [0.5, 0.6) is 0 Å². The van der Waals surface area contributed by atoms with Crippen molar-refractivity contribution in [3.05, 3.63) is 59.8 Å². The summed E-state index contributed by atoms with van der Waals surface area (Å²) >= 11 is 0. The lowest BCUT2D eigenvalue weighted by molar-refractivity contribution is -0.144. The number of nitrogens with zero attached hydrogens (tertiary/aromatic N) is 2. The largest absolute Gasteiger partial charge is 0.444 e.